The third-order valence-corrected chi connectivity index (χ3v) is 7.41. The summed E-state index contributed by atoms with van der Waals surface area (Å²) in [4.78, 5) is 29.0. The van der Waals surface area contributed by atoms with E-state index in [-0.39, 0.29) is 24.5 Å². The maximum Gasteiger partial charge on any atom is 0.261 e. The van der Waals surface area contributed by atoms with E-state index in [1.165, 1.54) is 0 Å². The van der Waals surface area contributed by atoms with E-state index in [0.29, 0.717) is 18.7 Å². The Kier molecular flexibility index (Phi) is 9.59. The third kappa shape index (κ3) is 7.68. The second-order valence-electron chi connectivity index (χ2n) is 9.09. The van der Waals surface area contributed by atoms with Crippen molar-refractivity contribution < 1.29 is 14.3 Å². The van der Waals surface area contributed by atoms with Gasteiger partial charge in [0.05, 0.1) is 0 Å². The number of hydrogen-bond acceptors (Lipinski definition) is 3. The first-order chi connectivity index (χ1) is 17.5. The van der Waals surface area contributed by atoms with Crippen molar-refractivity contribution in [2.75, 3.05) is 6.61 Å². The number of amides is 2. The van der Waals surface area contributed by atoms with Crippen molar-refractivity contribution >= 4 is 43.7 Å². The summed E-state index contributed by atoms with van der Waals surface area (Å²) in [6.07, 6.45) is 4.63. The van der Waals surface area contributed by atoms with Gasteiger partial charge in [-0.3, -0.25) is 9.59 Å². The van der Waals surface area contributed by atoms with Gasteiger partial charge in [0.15, 0.2) is 6.61 Å². The fourth-order valence-corrected chi connectivity index (χ4v) is 5.22. The van der Waals surface area contributed by atoms with Crippen LogP contribution in [-0.2, 0) is 22.6 Å². The molecule has 0 aromatic heterocycles. The van der Waals surface area contributed by atoms with E-state index in [1.54, 1.807) is 4.90 Å². The zero-order valence-electron chi connectivity index (χ0n) is 20.0. The predicted octanol–water partition coefficient (Wildman–Crippen LogP) is 6.29. The average Bonchev–Trinajstić information content (AvgIpc) is 3.39. The Bertz CT molecular complexity index is 1150. The molecule has 1 atom stereocenters. The molecule has 3 aromatic carbocycles. The van der Waals surface area contributed by atoms with Gasteiger partial charge in [0.25, 0.3) is 5.91 Å². The van der Waals surface area contributed by atoms with Crippen LogP contribution < -0.4 is 10.1 Å². The summed E-state index contributed by atoms with van der Waals surface area (Å²) in [6, 6.07) is 24.5. The maximum absolute atomic E-state index is 13.7. The molecular weight excluding hydrogens is 584 g/mol. The van der Waals surface area contributed by atoms with Crippen LogP contribution >= 0.6 is 31.9 Å². The van der Waals surface area contributed by atoms with Crippen LogP contribution in [0.2, 0.25) is 0 Å². The van der Waals surface area contributed by atoms with Crippen LogP contribution in [-0.4, -0.2) is 35.4 Å². The topological polar surface area (TPSA) is 58.6 Å². The van der Waals surface area contributed by atoms with E-state index in [4.69, 9.17) is 4.74 Å². The van der Waals surface area contributed by atoms with Crippen molar-refractivity contribution in [3.63, 3.8) is 0 Å². The highest BCUT2D eigenvalue weighted by molar-refractivity contribution is 9.10. The molecule has 1 fully saturated rings. The summed E-state index contributed by atoms with van der Waals surface area (Å²) in [5.74, 6) is 0.252. The molecular formula is C29H30Br2N2O3. The second-order valence-corrected chi connectivity index (χ2v) is 10.9. The van der Waals surface area contributed by atoms with Crippen molar-refractivity contribution in [3.05, 3.63) is 98.9 Å². The van der Waals surface area contributed by atoms with Gasteiger partial charge in [-0.2, -0.15) is 0 Å². The van der Waals surface area contributed by atoms with Gasteiger partial charge in [0, 0.05) is 28.0 Å². The predicted molar refractivity (Wildman–Crippen MR) is 149 cm³/mol. The quantitative estimate of drug-likeness (QED) is 0.292. The normalized spacial score (nSPS) is 14.3. The lowest BCUT2D eigenvalue weighted by atomic mass is 10.0. The highest BCUT2D eigenvalue weighted by Crippen LogP contribution is 2.22. The zero-order valence-corrected chi connectivity index (χ0v) is 23.2. The third-order valence-electron chi connectivity index (χ3n) is 6.39. The molecule has 0 spiro atoms. The van der Waals surface area contributed by atoms with E-state index >= 15 is 0 Å². The van der Waals surface area contributed by atoms with Crippen LogP contribution in [0.4, 0.5) is 0 Å². The molecule has 0 unspecified atom stereocenters. The highest BCUT2D eigenvalue weighted by atomic mass is 79.9. The number of nitrogens with one attached hydrogen (secondary N) is 1. The molecule has 0 heterocycles. The summed E-state index contributed by atoms with van der Waals surface area (Å²) >= 11 is 6.94. The Morgan fingerprint density at radius 2 is 1.58 bits per heavy atom. The number of halogens is 2. The van der Waals surface area contributed by atoms with Crippen LogP contribution in [0.15, 0.2) is 87.8 Å². The molecule has 1 saturated carbocycles. The SMILES string of the molecule is O=C(NC1CCCC1)[C@@H](Cc1ccccc1)N(Cc1cccc(Br)c1)C(=O)COc1ccc(Br)cc1. The molecule has 7 heteroatoms. The molecule has 1 aliphatic rings. The Balaban J connectivity index is 1.60. The Morgan fingerprint density at radius 1 is 0.889 bits per heavy atom. The first kappa shape index (κ1) is 26.4. The summed E-state index contributed by atoms with van der Waals surface area (Å²) in [5.41, 5.74) is 1.94. The first-order valence-corrected chi connectivity index (χ1v) is 13.8. The smallest absolute Gasteiger partial charge is 0.261 e. The van der Waals surface area contributed by atoms with Crippen LogP contribution in [0.5, 0.6) is 5.75 Å². The molecule has 0 radical (unpaired) electrons. The van der Waals surface area contributed by atoms with Crippen molar-refractivity contribution in [2.45, 2.75) is 50.7 Å². The monoisotopic (exact) mass is 612 g/mol. The van der Waals surface area contributed by atoms with Crippen molar-refractivity contribution in [1.82, 2.24) is 10.2 Å². The van der Waals surface area contributed by atoms with Crippen LogP contribution in [0, 0.1) is 0 Å². The molecule has 4 rings (SSSR count). The van der Waals surface area contributed by atoms with Crippen molar-refractivity contribution in [3.8, 4) is 5.75 Å². The van der Waals surface area contributed by atoms with Gasteiger partial charge >= 0.3 is 0 Å². The standard InChI is InChI=1S/C29H30Br2N2O3/c30-23-13-15-26(16-14-23)36-20-28(34)33(19-22-9-6-10-24(31)17-22)27(18-21-7-2-1-3-8-21)29(35)32-25-11-4-5-12-25/h1-3,6-10,13-17,25,27H,4-5,11-12,18-20H2,(H,32,35)/t27-/m1/s1. The lowest BCUT2D eigenvalue weighted by Crippen LogP contribution is -2.53. The van der Waals surface area contributed by atoms with Gasteiger partial charge < -0.3 is 15.0 Å². The van der Waals surface area contributed by atoms with E-state index in [2.05, 4.69) is 37.2 Å². The van der Waals surface area contributed by atoms with Crippen LogP contribution in [0.1, 0.15) is 36.8 Å². The van der Waals surface area contributed by atoms with Crippen LogP contribution in [0.3, 0.4) is 0 Å². The van der Waals surface area contributed by atoms with E-state index in [9.17, 15) is 9.59 Å². The summed E-state index contributed by atoms with van der Waals surface area (Å²) in [5, 5.41) is 3.22. The highest BCUT2D eigenvalue weighted by Gasteiger charge is 2.32. The first-order valence-electron chi connectivity index (χ1n) is 12.2. The zero-order chi connectivity index (χ0) is 25.3. The molecule has 0 bridgehead atoms. The van der Waals surface area contributed by atoms with Gasteiger partial charge in [-0.15, -0.1) is 0 Å². The maximum atomic E-state index is 13.7. The van der Waals surface area contributed by atoms with Crippen molar-refractivity contribution in [2.24, 2.45) is 0 Å². The van der Waals surface area contributed by atoms with E-state index in [0.717, 1.165) is 45.8 Å². The molecule has 1 aliphatic carbocycles. The fraction of sp³-hybridized carbons (Fsp3) is 0.310. The minimum absolute atomic E-state index is 0.113. The number of benzene rings is 3. The average molecular weight is 614 g/mol. The van der Waals surface area contributed by atoms with Gasteiger partial charge in [-0.1, -0.05) is 87.2 Å². The summed E-state index contributed by atoms with van der Waals surface area (Å²) < 4.78 is 7.68. The van der Waals surface area contributed by atoms with Gasteiger partial charge in [-0.25, -0.2) is 0 Å². The molecule has 3 aromatic rings. The van der Waals surface area contributed by atoms with Gasteiger partial charge in [-0.05, 0) is 60.4 Å². The van der Waals surface area contributed by atoms with Crippen molar-refractivity contribution in [1.29, 1.82) is 0 Å². The van der Waals surface area contributed by atoms with Crippen LogP contribution in [0.25, 0.3) is 0 Å². The Labute approximate surface area is 229 Å². The van der Waals surface area contributed by atoms with E-state index in [1.807, 2.05) is 78.9 Å². The van der Waals surface area contributed by atoms with E-state index < -0.39 is 6.04 Å². The minimum Gasteiger partial charge on any atom is -0.484 e. The number of nitrogens with zero attached hydrogens (tertiary/aromatic N) is 1. The Morgan fingerprint density at radius 3 is 2.28 bits per heavy atom. The fourth-order valence-electron chi connectivity index (χ4n) is 4.51. The Hall–Kier alpha value is -2.64. The number of carbonyl (C=O) groups excluding carboxylic acids is 2. The molecule has 5 nitrogen and oxygen atoms in total. The number of hydrogen-bond donors (Lipinski definition) is 1. The number of carbonyl (C=O) groups is 2. The lowest BCUT2D eigenvalue weighted by molar-refractivity contribution is -0.143. The molecule has 188 valence electrons. The largest absolute Gasteiger partial charge is 0.484 e. The molecule has 0 aliphatic heterocycles. The molecule has 36 heavy (non-hydrogen) atoms. The summed E-state index contributed by atoms with van der Waals surface area (Å²) in [6.45, 7) is 0.148. The second kappa shape index (κ2) is 13.1. The molecule has 2 amide bonds. The summed E-state index contributed by atoms with van der Waals surface area (Å²) in [7, 11) is 0. The number of rotatable bonds is 10. The lowest BCUT2D eigenvalue weighted by Gasteiger charge is -2.32. The van der Waals surface area contributed by atoms with Gasteiger partial charge in [0.2, 0.25) is 5.91 Å². The molecule has 0 saturated heterocycles. The number of ether oxygens (including phenoxy) is 1. The molecule has 1 N–H and O–H groups in total. The minimum atomic E-state index is -0.659. The van der Waals surface area contributed by atoms with Gasteiger partial charge in [0.1, 0.15) is 11.8 Å².